The second-order valence-corrected chi connectivity index (χ2v) is 5.17. The molecular formula is C14H19FN2S. The predicted octanol–water partition coefficient (Wildman–Crippen LogP) is 4.98. The average molecular weight is 266 g/mol. The summed E-state index contributed by atoms with van der Waals surface area (Å²) in [6.07, 6.45) is 4.70. The summed E-state index contributed by atoms with van der Waals surface area (Å²) in [5, 5.41) is 0. The molecule has 0 aliphatic rings. The standard InChI is InChI=1S/C14H19FN2S/c1-3-4-5-7-10(2)17-12-9-6-8-11(15)13(12)16-14(17)18/h6,8-10H,3-5,7H2,1-2H3,(H,16,18). The molecule has 1 atom stereocenters. The highest BCUT2D eigenvalue weighted by Gasteiger charge is 2.12. The van der Waals surface area contributed by atoms with Gasteiger partial charge >= 0.3 is 0 Å². The molecule has 1 aromatic heterocycles. The number of rotatable bonds is 5. The van der Waals surface area contributed by atoms with Crippen LogP contribution < -0.4 is 0 Å². The molecular weight excluding hydrogens is 247 g/mol. The van der Waals surface area contributed by atoms with Crippen LogP contribution in [0.15, 0.2) is 18.2 Å². The van der Waals surface area contributed by atoms with Gasteiger partial charge in [0.15, 0.2) is 4.77 Å². The lowest BCUT2D eigenvalue weighted by Gasteiger charge is -2.14. The van der Waals surface area contributed by atoms with E-state index in [0.29, 0.717) is 16.3 Å². The van der Waals surface area contributed by atoms with Gasteiger partial charge in [-0.1, -0.05) is 32.3 Å². The average Bonchev–Trinajstić information content (AvgIpc) is 2.67. The van der Waals surface area contributed by atoms with Crippen molar-refractivity contribution in [3.05, 3.63) is 28.8 Å². The number of nitrogens with zero attached hydrogens (tertiary/aromatic N) is 1. The molecule has 2 aromatic rings. The summed E-state index contributed by atoms with van der Waals surface area (Å²) in [4.78, 5) is 2.97. The minimum Gasteiger partial charge on any atom is -0.328 e. The number of benzene rings is 1. The van der Waals surface area contributed by atoms with Crippen LogP contribution in [0.3, 0.4) is 0 Å². The lowest BCUT2D eigenvalue weighted by molar-refractivity contribution is 0.483. The summed E-state index contributed by atoms with van der Waals surface area (Å²) in [5.41, 5.74) is 1.38. The maximum absolute atomic E-state index is 13.7. The SMILES string of the molecule is CCCCCC(C)n1c(=S)[nH]c2c(F)cccc21. The maximum atomic E-state index is 13.7. The molecule has 0 radical (unpaired) electrons. The van der Waals surface area contributed by atoms with Crippen molar-refractivity contribution < 1.29 is 4.39 Å². The second-order valence-electron chi connectivity index (χ2n) is 4.78. The number of aromatic nitrogens is 2. The molecule has 1 unspecified atom stereocenters. The molecule has 0 spiro atoms. The van der Waals surface area contributed by atoms with Crippen molar-refractivity contribution in [3.63, 3.8) is 0 Å². The van der Waals surface area contributed by atoms with Crippen molar-refractivity contribution in [1.29, 1.82) is 0 Å². The number of aromatic amines is 1. The topological polar surface area (TPSA) is 20.7 Å². The number of hydrogen-bond donors (Lipinski definition) is 1. The molecule has 0 aliphatic heterocycles. The van der Waals surface area contributed by atoms with Crippen molar-refractivity contribution in [2.24, 2.45) is 0 Å². The Labute approximate surface area is 112 Å². The van der Waals surface area contributed by atoms with Crippen molar-refractivity contribution in [2.45, 2.75) is 45.6 Å². The zero-order chi connectivity index (χ0) is 13.1. The molecule has 0 amide bonds. The van der Waals surface area contributed by atoms with Gasteiger partial charge in [-0.3, -0.25) is 0 Å². The van der Waals surface area contributed by atoms with Gasteiger partial charge in [-0.25, -0.2) is 4.39 Å². The van der Waals surface area contributed by atoms with E-state index >= 15 is 0 Å². The quantitative estimate of drug-likeness (QED) is 0.598. The summed E-state index contributed by atoms with van der Waals surface area (Å²) in [7, 11) is 0. The Morgan fingerprint density at radius 3 is 2.89 bits per heavy atom. The molecule has 98 valence electrons. The first-order valence-electron chi connectivity index (χ1n) is 6.54. The molecule has 2 rings (SSSR count). The van der Waals surface area contributed by atoms with Crippen LogP contribution in [0.1, 0.15) is 45.6 Å². The van der Waals surface area contributed by atoms with Crippen LogP contribution in [-0.2, 0) is 0 Å². The molecule has 2 nitrogen and oxygen atoms in total. The first kappa shape index (κ1) is 13.3. The third-order valence-corrected chi connectivity index (χ3v) is 3.67. The van der Waals surface area contributed by atoms with Gasteiger partial charge in [-0.2, -0.15) is 0 Å². The molecule has 18 heavy (non-hydrogen) atoms. The Kier molecular flexibility index (Phi) is 4.17. The molecule has 1 heterocycles. The molecule has 0 saturated carbocycles. The predicted molar refractivity (Wildman–Crippen MR) is 75.9 cm³/mol. The van der Waals surface area contributed by atoms with E-state index in [1.807, 2.05) is 10.6 Å². The van der Waals surface area contributed by atoms with Gasteiger partial charge in [0.2, 0.25) is 0 Å². The Morgan fingerprint density at radius 1 is 1.39 bits per heavy atom. The van der Waals surface area contributed by atoms with E-state index in [1.54, 1.807) is 6.07 Å². The zero-order valence-electron chi connectivity index (χ0n) is 10.9. The van der Waals surface area contributed by atoms with Gasteiger partial charge in [0.05, 0.1) is 5.52 Å². The summed E-state index contributed by atoms with van der Waals surface area (Å²) < 4.78 is 16.3. The highest BCUT2D eigenvalue weighted by atomic mass is 32.1. The van der Waals surface area contributed by atoms with E-state index in [-0.39, 0.29) is 5.82 Å². The summed E-state index contributed by atoms with van der Waals surface area (Å²) in [6, 6.07) is 5.41. The van der Waals surface area contributed by atoms with E-state index in [1.165, 1.54) is 25.3 Å². The van der Waals surface area contributed by atoms with E-state index in [9.17, 15) is 4.39 Å². The Balaban J connectivity index is 2.35. The maximum Gasteiger partial charge on any atom is 0.178 e. The normalized spacial score (nSPS) is 13.1. The first-order chi connectivity index (χ1) is 8.65. The molecule has 1 aromatic carbocycles. The first-order valence-corrected chi connectivity index (χ1v) is 6.94. The molecule has 1 N–H and O–H groups in total. The molecule has 0 saturated heterocycles. The lowest BCUT2D eigenvalue weighted by Crippen LogP contribution is -2.05. The number of para-hydroxylation sites is 1. The molecule has 0 aliphatic carbocycles. The number of imidazole rings is 1. The number of H-pyrrole nitrogens is 1. The minimum atomic E-state index is -0.238. The van der Waals surface area contributed by atoms with E-state index < -0.39 is 0 Å². The van der Waals surface area contributed by atoms with Crippen LogP contribution in [0.5, 0.6) is 0 Å². The van der Waals surface area contributed by atoms with Crippen LogP contribution in [0.2, 0.25) is 0 Å². The summed E-state index contributed by atoms with van der Waals surface area (Å²) in [5.74, 6) is -0.238. The highest BCUT2D eigenvalue weighted by molar-refractivity contribution is 7.71. The number of fused-ring (bicyclic) bond motifs is 1. The third kappa shape index (κ3) is 2.48. The van der Waals surface area contributed by atoms with Crippen LogP contribution in [0, 0.1) is 10.6 Å². The summed E-state index contributed by atoms with van der Waals surface area (Å²) in [6.45, 7) is 4.33. The van der Waals surface area contributed by atoms with Gasteiger partial charge in [-0.15, -0.1) is 0 Å². The minimum absolute atomic E-state index is 0.238. The second kappa shape index (κ2) is 5.65. The fraction of sp³-hybridized carbons (Fsp3) is 0.500. The van der Waals surface area contributed by atoms with Crippen LogP contribution in [0.4, 0.5) is 4.39 Å². The van der Waals surface area contributed by atoms with Gasteiger partial charge in [0.1, 0.15) is 11.3 Å². The van der Waals surface area contributed by atoms with Crippen LogP contribution in [0.25, 0.3) is 11.0 Å². The molecule has 0 bridgehead atoms. The van der Waals surface area contributed by atoms with Crippen molar-refractivity contribution in [3.8, 4) is 0 Å². The Hall–Kier alpha value is -1.16. The van der Waals surface area contributed by atoms with Crippen molar-refractivity contribution in [2.75, 3.05) is 0 Å². The van der Waals surface area contributed by atoms with Crippen LogP contribution >= 0.6 is 12.2 Å². The fourth-order valence-corrected chi connectivity index (χ4v) is 2.75. The summed E-state index contributed by atoms with van der Waals surface area (Å²) >= 11 is 5.31. The zero-order valence-corrected chi connectivity index (χ0v) is 11.7. The van der Waals surface area contributed by atoms with Crippen molar-refractivity contribution >= 4 is 23.3 Å². The van der Waals surface area contributed by atoms with E-state index in [2.05, 4.69) is 18.8 Å². The Bertz CT molecular complexity index is 585. The molecule has 0 fully saturated rings. The number of hydrogen-bond acceptors (Lipinski definition) is 1. The van der Waals surface area contributed by atoms with E-state index in [0.717, 1.165) is 11.9 Å². The number of nitrogens with one attached hydrogen (secondary N) is 1. The largest absolute Gasteiger partial charge is 0.328 e. The monoisotopic (exact) mass is 266 g/mol. The number of unbranched alkanes of at least 4 members (excludes halogenated alkanes) is 2. The van der Waals surface area contributed by atoms with Gasteiger partial charge in [-0.05, 0) is 37.7 Å². The van der Waals surface area contributed by atoms with Gasteiger partial charge in [0, 0.05) is 6.04 Å². The highest BCUT2D eigenvalue weighted by Crippen LogP contribution is 2.24. The van der Waals surface area contributed by atoms with Crippen molar-refractivity contribution in [1.82, 2.24) is 9.55 Å². The smallest absolute Gasteiger partial charge is 0.178 e. The third-order valence-electron chi connectivity index (χ3n) is 3.37. The molecule has 4 heteroatoms. The van der Waals surface area contributed by atoms with E-state index in [4.69, 9.17) is 12.2 Å². The Morgan fingerprint density at radius 2 is 2.17 bits per heavy atom. The fourth-order valence-electron chi connectivity index (χ4n) is 2.37. The van der Waals surface area contributed by atoms with Gasteiger partial charge in [0.25, 0.3) is 0 Å². The van der Waals surface area contributed by atoms with Gasteiger partial charge < -0.3 is 9.55 Å². The van der Waals surface area contributed by atoms with Crippen LogP contribution in [-0.4, -0.2) is 9.55 Å². The lowest BCUT2D eigenvalue weighted by atomic mass is 10.1. The number of halogens is 1.